The molecule has 0 saturated carbocycles. The van der Waals surface area contributed by atoms with Gasteiger partial charge in [0.05, 0.1) is 11.7 Å². The van der Waals surface area contributed by atoms with Gasteiger partial charge in [0.25, 0.3) is 5.91 Å². The fraction of sp³-hybridized carbons (Fsp3) is 0.588. The number of anilines is 1. The average Bonchev–Trinajstić information content (AvgIpc) is 2.76. The summed E-state index contributed by atoms with van der Waals surface area (Å²) in [6.45, 7) is 2.93. The molecule has 1 aliphatic heterocycles. The van der Waals surface area contributed by atoms with Gasteiger partial charge in [0.15, 0.2) is 0 Å². The van der Waals surface area contributed by atoms with E-state index in [1.165, 1.54) is 0 Å². The number of aryl methyl sites for hydroxylation is 1. The molecule has 1 saturated heterocycles. The standard InChI is InChI=1S/C17H24N6O3/c1-17(2)14(25)23(16(26)21-17)9-13(24)19-11-6-5-7-12-10(11)8-18-15(20-12)22(3)4/h8,11H,5-7,9H2,1-4H3,(H,19,24)(H,21,26). The third-order valence-electron chi connectivity index (χ3n) is 4.65. The fourth-order valence-electron chi connectivity index (χ4n) is 3.25. The summed E-state index contributed by atoms with van der Waals surface area (Å²) < 4.78 is 0. The van der Waals surface area contributed by atoms with E-state index in [0.717, 1.165) is 35.4 Å². The lowest BCUT2D eigenvalue weighted by Crippen LogP contribution is -2.44. The van der Waals surface area contributed by atoms with Gasteiger partial charge in [-0.1, -0.05) is 0 Å². The maximum atomic E-state index is 12.4. The molecule has 1 unspecified atom stereocenters. The maximum absolute atomic E-state index is 12.4. The van der Waals surface area contributed by atoms with Crippen molar-refractivity contribution in [3.8, 4) is 0 Å². The van der Waals surface area contributed by atoms with E-state index in [1.807, 2.05) is 19.0 Å². The molecule has 1 atom stereocenters. The zero-order valence-corrected chi connectivity index (χ0v) is 15.5. The van der Waals surface area contributed by atoms with Crippen LogP contribution in [-0.4, -0.2) is 58.9 Å². The van der Waals surface area contributed by atoms with Crippen LogP contribution in [0.4, 0.5) is 10.7 Å². The van der Waals surface area contributed by atoms with E-state index in [-0.39, 0.29) is 18.5 Å². The molecule has 26 heavy (non-hydrogen) atoms. The number of hydrogen-bond donors (Lipinski definition) is 2. The van der Waals surface area contributed by atoms with Gasteiger partial charge in [-0.2, -0.15) is 0 Å². The van der Waals surface area contributed by atoms with Gasteiger partial charge < -0.3 is 15.5 Å². The molecular formula is C17H24N6O3. The van der Waals surface area contributed by atoms with Crippen LogP contribution in [0.25, 0.3) is 0 Å². The van der Waals surface area contributed by atoms with Crippen molar-refractivity contribution in [3.63, 3.8) is 0 Å². The summed E-state index contributed by atoms with van der Waals surface area (Å²) in [4.78, 5) is 48.2. The van der Waals surface area contributed by atoms with Crippen molar-refractivity contribution >= 4 is 23.8 Å². The molecule has 1 aromatic heterocycles. The first-order chi connectivity index (χ1) is 12.2. The second kappa shape index (κ2) is 6.54. The molecule has 9 heteroatoms. The Hall–Kier alpha value is -2.71. The van der Waals surface area contributed by atoms with Crippen LogP contribution >= 0.6 is 0 Å². The number of carbonyl (C=O) groups is 3. The molecule has 140 valence electrons. The first kappa shape index (κ1) is 18.1. The highest BCUT2D eigenvalue weighted by molar-refractivity contribution is 6.08. The van der Waals surface area contributed by atoms with Gasteiger partial charge in [-0.15, -0.1) is 0 Å². The molecule has 1 aromatic rings. The predicted molar refractivity (Wildman–Crippen MR) is 94.5 cm³/mol. The van der Waals surface area contributed by atoms with Gasteiger partial charge in [-0.25, -0.2) is 14.8 Å². The van der Waals surface area contributed by atoms with Crippen molar-refractivity contribution in [1.82, 2.24) is 25.5 Å². The minimum absolute atomic E-state index is 0.212. The van der Waals surface area contributed by atoms with Crippen LogP contribution in [0.3, 0.4) is 0 Å². The normalized spacial score (nSPS) is 21.2. The fourth-order valence-corrected chi connectivity index (χ4v) is 3.25. The molecule has 2 N–H and O–H groups in total. The van der Waals surface area contributed by atoms with Gasteiger partial charge in [0, 0.05) is 25.9 Å². The van der Waals surface area contributed by atoms with E-state index < -0.39 is 17.5 Å². The first-order valence-electron chi connectivity index (χ1n) is 8.65. The maximum Gasteiger partial charge on any atom is 0.325 e. The number of aromatic nitrogens is 2. The molecule has 4 amide bonds. The zero-order valence-electron chi connectivity index (χ0n) is 15.5. The van der Waals surface area contributed by atoms with Crippen LogP contribution < -0.4 is 15.5 Å². The number of hydrogen-bond acceptors (Lipinski definition) is 6. The lowest BCUT2D eigenvalue weighted by Gasteiger charge is -2.27. The molecule has 1 aliphatic carbocycles. The SMILES string of the molecule is CN(C)c1ncc2c(n1)CCCC2NC(=O)CN1C(=O)NC(C)(C)C1=O. The Morgan fingerprint density at radius 3 is 2.77 bits per heavy atom. The van der Waals surface area contributed by atoms with Crippen molar-refractivity contribution in [2.24, 2.45) is 0 Å². The highest BCUT2D eigenvalue weighted by atomic mass is 16.2. The third kappa shape index (κ3) is 3.33. The van der Waals surface area contributed by atoms with E-state index in [0.29, 0.717) is 5.95 Å². The minimum atomic E-state index is -0.981. The van der Waals surface area contributed by atoms with E-state index in [4.69, 9.17) is 0 Å². The number of carbonyl (C=O) groups excluding carboxylic acids is 3. The van der Waals surface area contributed by atoms with Crippen LogP contribution in [0.15, 0.2) is 6.20 Å². The Bertz CT molecular complexity index is 761. The molecule has 2 aliphatic rings. The second-order valence-corrected chi connectivity index (χ2v) is 7.43. The highest BCUT2D eigenvalue weighted by Crippen LogP contribution is 2.29. The molecule has 0 bridgehead atoms. The second-order valence-electron chi connectivity index (χ2n) is 7.43. The molecule has 0 radical (unpaired) electrons. The van der Waals surface area contributed by atoms with Crippen LogP contribution in [0.5, 0.6) is 0 Å². The molecule has 2 heterocycles. The van der Waals surface area contributed by atoms with Crippen LogP contribution in [-0.2, 0) is 16.0 Å². The van der Waals surface area contributed by atoms with Crippen molar-refractivity contribution < 1.29 is 14.4 Å². The summed E-state index contributed by atoms with van der Waals surface area (Å²) in [5, 5.41) is 5.48. The minimum Gasteiger partial charge on any atom is -0.348 e. The molecule has 1 fully saturated rings. The van der Waals surface area contributed by atoms with Crippen LogP contribution in [0, 0.1) is 0 Å². The Kier molecular flexibility index (Phi) is 4.55. The molecule has 3 rings (SSSR count). The zero-order chi connectivity index (χ0) is 19.1. The average molecular weight is 360 g/mol. The summed E-state index contributed by atoms with van der Waals surface area (Å²) in [6.07, 6.45) is 4.26. The van der Waals surface area contributed by atoms with Gasteiger partial charge in [0.1, 0.15) is 12.1 Å². The number of imide groups is 1. The lowest BCUT2D eigenvalue weighted by molar-refractivity contribution is -0.134. The van der Waals surface area contributed by atoms with Crippen LogP contribution in [0.2, 0.25) is 0 Å². The predicted octanol–water partition coefficient (Wildman–Crippen LogP) is 0.367. The smallest absolute Gasteiger partial charge is 0.325 e. The number of fused-ring (bicyclic) bond motifs is 1. The van der Waals surface area contributed by atoms with Gasteiger partial charge in [-0.3, -0.25) is 14.5 Å². The Balaban J connectivity index is 1.70. The largest absolute Gasteiger partial charge is 0.348 e. The number of nitrogens with zero attached hydrogens (tertiary/aromatic N) is 4. The topological polar surface area (TPSA) is 108 Å². The van der Waals surface area contributed by atoms with E-state index in [2.05, 4.69) is 20.6 Å². The summed E-state index contributed by atoms with van der Waals surface area (Å²) in [6, 6.07) is -0.755. The number of rotatable bonds is 4. The van der Waals surface area contributed by atoms with Gasteiger partial charge in [-0.05, 0) is 33.1 Å². The summed E-state index contributed by atoms with van der Waals surface area (Å²) >= 11 is 0. The number of nitrogens with one attached hydrogen (secondary N) is 2. The van der Waals surface area contributed by atoms with Gasteiger partial charge >= 0.3 is 6.03 Å². The summed E-state index contributed by atoms with van der Waals surface area (Å²) in [5.74, 6) is -0.140. The first-order valence-corrected chi connectivity index (χ1v) is 8.65. The summed E-state index contributed by atoms with van der Waals surface area (Å²) in [5.41, 5.74) is 0.842. The van der Waals surface area contributed by atoms with E-state index >= 15 is 0 Å². The van der Waals surface area contributed by atoms with Crippen molar-refractivity contribution in [3.05, 3.63) is 17.5 Å². The Labute approximate surface area is 152 Å². The molecule has 0 aromatic carbocycles. The van der Waals surface area contributed by atoms with Crippen molar-refractivity contribution in [1.29, 1.82) is 0 Å². The Morgan fingerprint density at radius 1 is 1.42 bits per heavy atom. The van der Waals surface area contributed by atoms with E-state index in [1.54, 1.807) is 20.0 Å². The monoisotopic (exact) mass is 360 g/mol. The van der Waals surface area contributed by atoms with Crippen molar-refractivity contribution in [2.45, 2.75) is 44.7 Å². The molecule has 0 spiro atoms. The number of amides is 4. The number of urea groups is 1. The van der Waals surface area contributed by atoms with Crippen LogP contribution in [0.1, 0.15) is 44.0 Å². The third-order valence-corrected chi connectivity index (χ3v) is 4.65. The molecular weight excluding hydrogens is 336 g/mol. The van der Waals surface area contributed by atoms with E-state index in [9.17, 15) is 14.4 Å². The Morgan fingerprint density at radius 2 is 2.15 bits per heavy atom. The van der Waals surface area contributed by atoms with Gasteiger partial charge in [0.2, 0.25) is 11.9 Å². The molecule has 9 nitrogen and oxygen atoms in total. The quantitative estimate of drug-likeness (QED) is 0.751. The highest BCUT2D eigenvalue weighted by Gasteiger charge is 2.45. The summed E-state index contributed by atoms with van der Waals surface area (Å²) in [7, 11) is 3.76. The van der Waals surface area contributed by atoms with Crippen molar-refractivity contribution in [2.75, 3.05) is 25.5 Å². The lowest BCUT2D eigenvalue weighted by atomic mass is 9.92.